The molecule has 1 atom stereocenters. The Morgan fingerprint density at radius 2 is 2.33 bits per heavy atom. The quantitative estimate of drug-likeness (QED) is 0.649. The molecule has 1 aromatic rings. The summed E-state index contributed by atoms with van der Waals surface area (Å²) in [5.74, 6) is 0.513. The maximum absolute atomic E-state index is 6.08. The van der Waals surface area contributed by atoms with Gasteiger partial charge in [-0.2, -0.15) is 0 Å². The minimum atomic E-state index is 0.140. The van der Waals surface area contributed by atoms with E-state index in [1.807, 2.05) is 18.2 Å². The van der Waals surface area contributed by atoms with Crippen LogP contribution < -0.4 is 11.1 Å². The number of hydrogen-bond acceptors (Lipinski definition) is 2. The summed E-state index contributed by atoms with van der Waals surface area (Å²) in [4.78, 5) is 4.51. The first-order valence-corrected chi connectivity index (χ1v) is 7.97. The number of guanidine groups is 1. The molecular weight excluding hydrogens is 286 g/mol. The van der Waals surface area contributed by atoms with Gasteiger partial charge in [-0.05, 0) is 43.4 Å². The second-order valence-electron chi connectivity index (χ2n) is 6.01. The third-order valence-electron chi connectivity index (χ3n) is 4.38. The van der Waals surface area contributed by atoms with Gasteiger partial charge >= 0.3 is 0 Å². The summed E-state index contributed by atoms with van der Waals surface area (Å²) in [6, 6.07) is 8.08. The maximum Gasteiger partial charge on any atom is 0.188 e. The van der Waals surface area contributed by atoms with Crippen LogP contribution in [-0.4, -0.2) is 31.8 Å². The molecule has 5 heteroatoms. The standard InChI is InChI=1S/C16H22ClN3O/c17-13-4-1-3-12(9-13)16(6-7-16)11-20-15(18)19-10-14-5-2-8-21-14/h1,3-4,9,14H,2,5-8,10-11H2,(H3,18,19,20). The Kier molecular flexibility index (Phi) is 4.36. The molecule has 21 heavy (non-hydrogen) atoms. The molecule has 3 N–H and O–H groups in total. The summed E-state index contributed by atoms with van der Waals surface area (Å²) in [5.41, 5.74) is 7.36. The van der Waals surface area contributed by atoms with Crippen LogP contribution in [0, 0.1) is 0 Å². The Hall–Kier alpha value is -1.26. The van der Waals surface area contributed by atoms with Crippen molar-refractivity contribution in [3.63, 3.8) is 0 Å². The van der Waals surface area contributed by atoms with Gasteiger partial charge in [-0.15, -0.1) is 0 Å². The lowest BCUT2D eigenvalue weighted by molar-refractivity contribution is 0.114. The third-order valence-corrected chi connectivity index (χ3v) is 4.61. The molecule has 1 saturated heterocycles. The van der Waals surface area contributed by atoms with E-state index in [2.05, 4.69) is 16.4 Å². The predicted octanol–water partition coefficient (Wildman–Crippen LogP) is 2.45. The van der Waals surface area contributed by atoms with Gasteiger partial charge < -0.3 is 15.8 Å². The van der Waals surface area contributed by atoms with Gasteiger partial charge in [0.05, 0.1) is 12.6 Å². The Labute approximate surface area is 130 Å². The molecule has 4 nitrogen and oxygen atoms in total. The molecule has 1 unspecified atom stereocenters. The topological polar surface area (TPSA) is 59.6 Å². The largest absolute Gasteiger partial charge is 0.376 e. The van der Waals surface area contributed by atoms with Crippen molar-refractivity contribution in [2.75, 3.05) is 19.7 Å². The van der Waals surface area contributed by atoms with E-state index in [4.69, 9.17) is 22.1 Å². The zero-order valence-corrected chi connectivity index (χ0v) is 12.9. The number of benzene rings is 1. The number of aliphatic imine (C=N–C) groups is 1. The minimum Gasteiger partial charge on any atom is -0.376 e. The smallest absolute Gasteiger partial charge is 0.188 e. The van der Waals surface area contributed by atoms with E-state index in [0.717, 1.165) is 50.4 Å². The summed E-state index contributed by atoms with van der Waals surface area (Å²) < 4.78 is 5.56. The van der Waals surface area contributed by atoms with Crippen molar-refractivity contribution in [1.29, 1.82) is 0 Å². The van der Waals surface area contributed by atoms with E-state index >= 15 is 0 Å². The molecule has 3 rings (SSSR count). The van der Waals surface area contributed by atoms with Crippen molar-refractivity contribution < 1.29 is 4.74 Å². The van der Waals surface area contributed by atoms with Crippen LogP contribution in [-0.2, 0) is 10.2 Å². The monoisotopic (exact) mass is 307 g/mol. The molecule has 2 fully saturated rings. The Bertz CT molecular complexity index is 522. The second-order valence-corrected chi connectivity index (χ2v) is 6.44. The molecule has 1 heterocycles. The number of nitrogens with one attached hydrogen (secondary N) is 1. The van der Waals surface area contributed by atoms with Crippen molar-refractivity contribution >= 4 is 17.6 Å². The van der Waals surface area contributed by atoms with Crippen LogP contribution in [0.2, 0.25) is 5.02 Å². The first-order valence-electron chi connectivity index (χ1n) is 7.59. The van der Waals surface area contributed by atoms with Gasteiger partial charge in [0.2, 0.25) is 0 Å². The molecule has 0 amide bonds. The van der Waals surface area contributed by atoms with Crippen molar-refractivity contribution in [2.45, 2.75) is 37.2 Å². The van der Waals surface area contributed by atoms with Gasteiger partial charge in [0.1, 0.15) is 0 Å². The normalized spacial score (nSPS) is 24.0. The van der Waals surface area contributed by atoms with Gasteiger partial charge in [0, 0.05) is 23.6 Å². The minimum absolute atomic E-state index is 0.140. The molecule has 0 bridgehead atoms. The highest BCUT2D eigenvalue weighted by Crippen LogP contribution is 2.48. The van der Waals surface area contributed by atoms with Crippen LogP contribution in [0.25, 0.3) is 0 Å². The fourth-order valence-electron chi connectivity index (χ4n) is 2.82. The number of halogens is 1. The lowest BCUT2D eigenvalue weighted by Crippen LogP contribution is -2.37. The van der Waals surface area contributed by atoms with E-state index in [1.165, 1.54) is 5.56 Å². The Morgan fingerprint density at radius 1 is 1.48 bits per heavy atom. The SMILES string of the molecule is NC(=NCC1(c2cccc(Cl)c2)CC1)NCC1CCCO1. The molecule has 2 aliphatic rings. The van der Waals surface area contributed by atoms with Crippen LogP contribution in [0.5, 0.6) is 0 Å². The number of ether oxygens (including phenoxy) is 1. The van der Waals surface area contributed by atoms with Gasteiger partial charge in [0.15, 0.2) is 5.96 Å². The maximum atomic E-state index is 6.08. The highest BCUT2D eigenvalue weighted by molar-refractivity contribution is 6.30. The van der Waals surface area contributed by atoms with E-state index in [9.17, 15) is 0 Å². The summed E-state index contributed by atoms with van der Waals surface area (Å²) in [5, 5.41) is 3.95. The van der Waals surface area contributed by atoms with E-state index in [1.54, 1.807) is 0 Å². The summed E-state index contributed by atoms with van der Waals surface area (Å²) >= 11 is 6.08. The molecule has 1 aliphatic carbocycles. The molecule has 0 aromatic heterocycles. The Morgan fingerprint density at radius 3 is 3.00 bits per heavy atom. The molecule has 1 aromatic carbocycles. The number of rotatable bonds is 5. The second kappa shape index (κ2) is 6.24. The van der Waals surface area contributed by atoms with Crippen LogP contribution >= 0.6 is 11.6 Å². The van der Waals surface area contributed by atoms with Gasteiger partial charge in [-0.3, -0.25) is 4.99 Å². The highest BCUT2D eigenvalue weighted by atomic mass is 35.5. The predicted molar refractivity (Wildman–Crippen MR) is 85.8 cm³/mol. The van der Waals surface area contributed by atoms with Crippen LogP contribution in [0.3, 0.4) is 0 Å². The van der Waals surface area contributed by atoms with E-state index in [-0.39, 0.29) is 11.5 Å². The lowest BCUT2D eigenvalue weighted by Gasteiger charge is -2.15. The van der Waals surface area contributed by atoms with Crippen molar-refractivity contribution in [2.24, 2.45) is 10.7 Å². The fraction of sp³-hybridized carbons (Fsp3) is 0.562. The molecule has 1 aliphatic heterocycles. The van der Waals surface area contributed by atoms with Gasteiger partial charge in [-0.25, -0.2) is 0 Å². The molecule has 1 saturated carbocycles. The van der Waals surface area contributed by atoms with Crippen molar-refractivity contribution in [3.8, 4) is 0 Å². The highest BCUT2D eigenvalue weighted by Gasteiger charge is 2.44. The first kappa shape index (κ1) is 14.7. The van der Waals surface area contributed by atoms with Crippen LogP contribution in [0.1, 0.15) is 31.2 Å². The average Bonchev–Trinajstić information content (AvgIpc) is 3.10. The summed E-state index contributed by atoms with van der Waals surface area (Å²) in [7, 11) is 0. The molecular formula is C16H22ClN3O. The lowest BCUT2D eigenvalue weighted by atomic mass is 9.96. The number of nitrogens with two attached hydrogens (primary N) is 1. The third kappa shape index (κ3) is 3.69. The molecule has 114 valence electrons. The van der Waals surface area contributed by atoms with Crippen molar-refractivity contribution in [3.05, 3.63) is 34.9 Å². The van der Waals surface area contributed by atoms with Crippen LogP contribution in [0.15, 0.2) is 29.3 Å². The Balaban J connectivity index is 1.54. The van der Waals surface area contributed by atoms with E-state index in [0.29, 0.717) is 5.96 Å². The summed E-state index contributed by atoms with van der Waals surface area (Å²) in [6.45, 7) is 2.33. The molecule has 0 radical (unpaired) electrons. The van der Waals surface area contributed by atoms with E-state index < -0.39 is 0 Å². The van der Waals surface area contributed by atoms with Gasteiger partial charge in [-0.1, -0.05) is 23.7 Å². The number of nitrogens with zero attached hydrogens (tertiary/aromatic N) is 1. The number of hydrogen-bond donors (Lipinski definition) is 2. The first-order chi connectivity index (χ1) is 10.2. The fourth-order valence-corrected chi connectivity index (χ4v) is 3.01. The van der Waals surface area contributed by atoms with Crippen LogP contribution in [0.4, 0.5) is 0 Å². The summed E-state index contributed by atoms with van der Waals surface area (Å²) in [6.07, 6.45) is 4.82. The van der Waals surface area contributed by atoms with Gasteiger partial charge in [0.25, 0.3) is 0 Å². The zero-order valence-electron chi connectivity index (χ0n) is 12.1. The molecule has 0 spiro atoms. The average molecular weight is 308 g/mol. The zero-order chi connectivity index (χ0) is 14.7. The van der Waals surface area contributed by atoms with Crippen molar-refractivity contribution in [1.82, 2.24) is 5.32 Å².